The summed E-state index contributed by atoms with van der Waals surface area (Å²) in [5.41, 5.74) is 2.18. The molecule has 0 spiro atoms. The predicted molar refractivity (Wildman–Crippen MR) is 163 cm³/mol. The number of benzene rings is 2. The Morgan fingerprint density at radius 2 is 1.58 bits per heavy atom. The van der Waals surface area contributed by atoms with E-state index in [-0.39, 0.29) is 30.2 Å². The van der Waals surface area contributed by atoms with Crippen molar-refractivity contribution in [1.82, 2.24) is 14.5 Å². The number of aryl methyl sites for hydroxylation is 1. The lowest BCUT2D eigenvalue weighted by Gasteiger charge is -2.23. The number of amides is 1. The van der Waals surface area contributed by atoms with Gasteiger partial charge in [-0.3, -0.25) is 19.0 Å². The molecule has 2 aliphatic heterocycles. The third-order valence-corrected chi connectivity index (χ3v) is 8.54. The van der Waals surface area contributed by atoms with Crippen LogP contribution in [0.3, 0.4) is 0 Å². The number of hydrogen-bond acceptors (Lipinski definition) is 9. The molecule has 3 heterocycles. The minimum Gasteiger partial charge on any atom is -0.457 e. The molecular formula is C32H34ClN3O9. The minimum absolute atomic E-state index is 0.0334. The van der Waals surface area contributed by atoms with Gasteiger partial charge in [-0.25, -0.2) is 9.59 Å². The number of carbonyl (C=O) groups excluding carboxylic acids is 3. The van der Waals surface area contributed by atoms with E-state index in [1.807, 2.05) is 0 Å². The zero-order valence-electron chi connectivity index (χ0n) is 25.5. The van der Waals surface area contributed by atoms with Crippen LogP contribution in [0.2, 0.25) is 5.02 Å². The van der Waals surface area contributed by atoms with Crippen molar-refractivity contribution in [2.75, 3.05) is 13.2 Å². The van der Waals surface area contributed by atoms with Crippen molar-refractivity contribution in [3.63, 3.8) is 0 Å². The van der Waals surface area contributed by atoms with Gasteiger partial charge < -0.3 is 28.8 Å². The van der Waals surface area contributed by atoms with E-state index in [9.17, 15) is 24.0 Å². The van der Waals surface area contributed by atoms with Gasteiger partial charge in [0.05, 0.1) is 29.4 Å². The Kier molecular flexibility index (Phi) is 9.28. The fraction of sp³-hybridized carbons (Fsp3) is 0.406. The van der Waals surface area contributed by atoms with Crippen molar-refractivity contribution < 1.29 is 33.3 Å². The molecule has 0 radical (unpaired) electrons. The molecule has 2 aliphatic rings. The molecule has 5 atom stereocenters. The van der Waals surface area contributed by atoms with E-state index in [1.165, 1.54) is 18.5 Å². The number of hydrogen-bond donors (Lipinski definition) is 1. The molecule has 2 aromatic carbocycles. The molecule has 2 saturated heterocycles. The van der Waals surface area contributed by atoms with Crippen LogP contribution in [0, 0.1) is 13.8 Å². The third kappa shape index (κ3) is 6.44. The van der Waals surface area contributed by atoms with Crippen LogP contribution in [-0.4, -0.2) is 70.7 Å². The molecule has 1 N–H and O–H groups in total. The number of halogens is 1. The highest BCUT2D eigenvalue weighted by Crippen LogP contribution is 2.31. The average molecular weight is 640 g/mol. The molecule has 2 fully saturated rings. The van der Waals surface area contributed by atoms with E-state index in [0.29, 0.717) is 27.9 Å². The van der Waals surface area contributed by atoms with Crippen molar-refractivity contribution >= 4 is 29.4 Å². The molecule has 2 unspecified atom stereocenters. The van der Waals surface area contributed by atoms with Crippen molar-refractivity contribution in [1.29, 1.82) is 0 Å². The van der Waals surface area contributed by atoms with Gasteiger partial charge in [-0.15, -0.1) is 0 Å². The lowest BCUT2D eigenvalue weighted by Crippen LogP contribution is -2.46. The summed E-state index contributed by atoms with van der Waals surface area (Å²) in [5, 5.41) is 3.01. The quantitative estimate of drug-likeness (QED) is 0.366. The first-order valence-corrected chi connectivity index (χ1v) is 14.8. The lowest BCUT2D eigenvalue weighted by atomic mass is 9.99. The van der Waals surface area contributed by atoms with Crippen LogP contribution >= 0.6 is 11.6 Å². The number of aromatic nitrogens is 2. The topological polar surface area (TPSA) is 144 Å². The second-order valence-electron chi connectivity index (χ2n) is 11.2. The summed E-state index contributed by atoms with van der Waals surface area (Å²) in [7, 11) is 3.02. The largest absolute Gasteiger partial charge is 0.457 e. The Balaban J connectivity index is 1.39. The van der Waals surface area contributed by atoms with E-state index >= 15 is 0 Å². The van der Waals surface area contributed by atoms with Gasteiger partial charge in [0.2, 0.25) is 0 Å². The van der Waals surface area contributed by atoms with E-state index < -0.39 is 59.6 Å². The van der Waals surface area contributed by atoms with Crippen molar-refractivity contribution in [3.8, 4) is 11.1 Å². The highest BCUT2D eigenvalue weighted by atomic mass is 35.5. The second-order valence-corrected chi connectivity index (χ2v) is 11.7. The molecule has 238 valence electrons. The second kappa shape index (κ2) is 13.0. The Hall–Kier alpha value is -4.26. The standard InChI is InChI=1S/C32H34ClN3O9/c1-16-7-6-8-21(33)25(16)29(38)34-22(31(40)45-24-15-43-27-23(44-18(3)37)14-42-28(24)27)13-19-9-11-20(12-10-19)26-17(2)35(4)32(41)36(5)30(26)39/h6-12,22-24,27-28H,13-15H2,1-5H3,(H,34,38)/t22?,23?,24-,27+,28+/m0/s1. The number of nitrogens with one attached hydrogen (secondary N) is 1. The molecule has 0 bridgehead atoms. The number of esters is 2. The highest BCUT2D eigenvalue weighted by molar-refractivity contribution is 6.34. The maximum absolute atomic E-state index is 13.6. The number of rotatable bonds is 8. The van der Waals surface area contributed by atoms with Gasteiger partial charge in [-0.2, -0.15) is 0 Å². The maximum atomic E-state index is 13.6. The monoisotopic (exact) mass is 639 g/mol. The molecule has 45 heavy (non-hydrogen) atoms. The number of nitrogens with zero attached hydrogens (tertiary/aromatic N) is 2. The summed E-state index contributed by atoms with van der Waals surface area (Å²) in [5.74, 6) is -1.73. The number of carbonyl (C=O) groups is 3. The van der Waals surface area contributed by atoms with E-state index in [1.54, 1.807) is 63.4 Å². The Labute approximate surface area is 263 Å². The Morgan fingerprint density at radius 3 is 2.18 bits per heavy atom. The lowest BCUT2D eigenvalue weighted by molar-refractivity contribution is -0.156. The molecule has 0 aliphatic carbocycles. The van der Waals surface area contributed by atoms with Gasteiger partial charge in [0.1, 0.15) is 18.2 Å². The molecule has 1 amide bonds. The van der Waals surface area contributed by atoms with Gasteiger partial charge in [-0.05, 0) is 36.6 Å². The molecule has 0 saturated carbocycles. The van der Waals surface area contributed by atoms with E-state index in [0.717, 1.165) is 4.57 Å². The zero-order valence-corrected chi connectivity index (χ0v) is 26.3. The van der Waals surface area contributed by atoms with Crippen LogP contribution in [0.15, 0.2) is 52.1 Å². The molecule has 13 heteroatoms. The van der Waals surface area contributed by atoms with Crippen molar-refractivity contribution in [2.45, 2.75) is 57.6 Å². The normalized spacial score (nSPS) is 21.2. The fourth-order valence-corrected chi connectivity index (χ4v) is 6.05. The maximum Gasteiger partial charge on any atom is 0.330 e. The van der Waals surface area contributed by atoms with Gasteiger partial charge in [0, 0.05) is 33.1 Å². The first-order chi connectivity index (χ1) is 21.4. The van der Waals surface area contributed by atoms with Crippen LogP contribution in [0.4, 0.5) is 0 Å². The number of ether oxygens (including phenoxy) is 4. The number of fused-ring (bicyclic) bond motifs is 1. The summed E-state index contributed by atoms with van der Waals surface area (Å²) >= 11 is 6.33. The van der Waals surface area contributed by atoms with Gasteiger partial charge in [0.15, 0.2) is 12.2 Å². The van der Waals surface area contributed by atoms with Gasteiger partial charge in [-0.1, -0.05) is 48.0 Å². The van der Waals surface area contributed by atoms with Crippen molar-refractivity contribution in [2.24, 2.45) is 14.1 Å². The molecular weight excluding hydrogens is 606 g/mol. The highest BCUT2D eigenvalue weighted by Gasteiger charge is 2.51. The smallest absolute Gasteiger partial charge is 0.330 e. The third-order valence-electron chi connectivity index (χ3n) is 8.23. The minimum atomic E-state index is -1.13. The first-order valence-electron chi connectivity index (χ1n) is 14.4. The molecule has 1 aromatic heterocycles. The van der Waals surface area contributed by atoms with Crippen LogP contribution in [0.25, 0.3) is 11.1 Å². The molecule has 12 nitrogen and oxygen atoms in total. The van der Waals surface area contributed by atoms with Crippen LogP contribution in [-0.2, 0) is 49.1 Å². The van der Waals surface area contributed by atoms with E-state index in [4.69, 9.17) is 30.5 Å². The SMILES string of the molecule is CC(=O)OC1CO[C@@H]2[C@@H](OC(=O)C(Cc3ccc(-c4c(C)n(C)c(=O)n(C)c4=O)cc3)NC(=O)c3c(C)cccc3Cl)CO[C@H]12. The summed E-state index contributed by atoms with van der Waals surface area (Å²) in [6.45, 7) is 4.88. The van der Waals surface area contributed by atoms with Gasteiger partial charge in [0.25, 0.3) is 11.5 Å². The zero-order chi connectivity index (χ0) is 32.6. The van der Waals surface area contributed by atoms with Crippen LogP contribution in [0.5, 0.6) is 0 Å². The predicted octanol–water partition coefficient (Wildman–Crippen LogP) is 2.00. The fourth-order valence-electron chi connectivity index (χ4n) is 5.74. The summed E-state index contributed by atoms with van der Waals surface area (Å²) in [6.07, 6.45) is -2.55. The molecule has 5 rings (SSSR count). The Bertz CT molecular complexity index is 1740. The average Bonchev–Trinajstić information content (AvgIpc) is 3.58. The Morgan fingerprint density at radius 1 is 0.956 bits per heavy atom. The molecule has 3 aromatic rings. The van der Waals surface area contributed by atoms with Crippen LogP contribution < -0.4 is 16.6 Å². The van der Waals surface area contributed by atoms with Gasteiger partial charge >= 0.3 is 17.6 Å². The van der Waals surface area contributed by atoms with Crippen LogP contribution in [0.1, 0.15) is 34.1 Å². The summed E-state index contributed by atoms with van der Waals surface area (Å²) < 4.78 is 25.0. The first kappa shape index (κ1) is 32.1. The van der Waals surface area contributed by atoms with E-state index in [2.05, 4.69) is 5.32 Å². The van der Waals surface area contributed by atoms with Crippen molar-refractivity contribution in [3.05, 3.63) is 90.7 Å². The summed E-state index contributed by atoms with van der Waals surface area (Å²) in [6, 6.07) is 10.9. The summed E-state index contributed by atoms with van der Waals surface area (Å²) in [4.78, 5) is 63.7.